The number of halogens is 5. The van der Waals surface area contributed by atoms with Crippen LogP contribution in [-0.2, 0) is 17.9 Å². The first-order chi connectivity index (χ1) is 18.8. The van der Waals surface area contributed by atoms with Crippen LogP contribution in [0, 0.1) is 12.7 Å². The highest BCUT2D eigenvalue weighted by molar-refractivity contribution is 6.31. The zero-order chi connectivity index (χ0) is 29.6. The molecule has 210 valence electrons. The van der Waals surface area contributed by atoms with Crippen molar-refractivity contribution in [1.29, 1.82) is 0 Å². The van der Waals surface area contributed by atoms with Crippen LogP contribution >= 0.6 is 11.6 Å². The third-order valence-electron chi connectivity index (χ3n) is 5.97. The fourth-order valence-electron chi connectivity index (χ4n) is 3.92. The Labute approximate surface area is 230 Å². The van der Waals surface area contributed by atoms with E-state index in [4.69, 9.17) is 27.2 Å². The lowest BCUT2D eigenvalue weighted by Crippen LogP contribution is -2.44. The van der Waals surface area contributed by atoms with Crippen molar-refractivity contribution in [2.75, 3.05) is 0 Å². The van der Waals surface area contributed by atoms with Gasteiger partial charge in [0, 0.05) is 22.3 Å². The summed E-state index contributed by atoms with van der Waals surface area (Å²) in [4.78, 5) is 35.9. The van der Waals surface area contributed by atoms with Crippen LogP contribution in [-0.4, -0.2) is 26.4 Å². The second-order valence-electron chi connectivity index (χ2n) is 8.64. The average molecular weight is 578 g/mol. The topological polar surface area (TPSA) is 107 Å². The number of carboxylic acid groups (broad SMARTS) is 1. The molecule has 3 aromatic carbocycles. The third-order valence-corrected chi connectivity index (χ3v) is 6.34. The predicted octanol–water partition coefficient (Wildman–Crippen LogP) is 5.16. The Bertz CT molecular complexity index is 1620. The smallest absolute Gasteiger partial charge is 0.475 e. The molecule has 1 heterocycles. The lowest BCUT2D eigenvalue weighted by molar-refractivity contribution is -0.192. The molecular weight excluding hydrogens is 554 g/mol. The summed E-state index contributed by atoms with van der Waals surface area (Å²) in [6.45, 7) is 1.72. The average Bonchev–Trinajstić information content (AvgIpc) is 2.91. The van der Waals surface area contributed by atoms with Crippen molar-refractivity contribution in [3.8, 4) is 11.1 Å². The number of nitrogens with two attached hydrogens (primary N) is 1. The van der Waals surface area contributed by atoms with E-state index in [1.54, 1.807) is 31.2 Å². The Morgan fingerprint density at radius 1 is 0.950 bits per heavy atom. The highest BCUT2D eigenvalue weighted by atomic mass is 35.5. The lowest BCUT2D eigenvalue weighted by atomic mass is 10.0. The Balaban J connectivity index is 0.000000559. The van der Waals surface area contributed by atoms with Gasteiger partial charge in [-0.1, -0.05) is 78.3 Å². The first-order valence-corrected chi connectivity index (χ1v) is 12.1. The summed E-state index contributed by atoms with van der Waals surface area (Å²) >= 11 is 6.33. The molecule has 7 nitrogen and oxygen atoms in total. The maximum absolute atomic E-state index is 14.7. The molecule has 0 saturated carbocycles. The van der Waals surface area contributed by atoms with E-state index in [1.807, 2.05) is 42.5 Å². The van der Waals surface area contributed by atoms with Crippen molar-refractivity contribution in [2.24, 2.45) is 5.73 Å². The number of benzene rings is 3. The first kappa shape index (κ1) is 30.3. The number of carboxylic acids is 1. The molecule has 0 bridgehead atoms. The van der Waals surface area contributed by atoms with E-state index in [-0.39, 0.29) is 24.2 Å². The van der Waals surface area contributed by atoms with Crippen LogP contribution in [0.2, 0.25) is 5.02 Å². The summed E-state index contributed by atoms with van der Waals surface area (Å²) in [6.07, 6.45) is -5.08. The highest BCUT2D eigenvalue weighted by Gasteiger charge is 2.38. The maximum Gasteiger partial charge on any atom is 0.490 e. The quantitative estimate of drug-likeness (QED) is 0.308. The number of carbonyl (C=O) groups is 1. The van der Waals surface area contributed by atoms with Crippen molar-refractivity contribution in [1.82, 2.24) is 9.13 Å². The van der Waals surface area contributed by atoms with Gasteiger partial charge in [-0.2, -0.15) is 13.2 Å². The molecule has 4 rings (SSSR count). The van der Waals surface area contributed by atoms with Crippen LogP contribution < -0.4 is 17.0 Å². The van der Waals surface area contributed by atoms with Crippen LogP contribution in [0.3, 0.4) is 0 Å². The molecule has 0 fully saturated rings. The summed E-state index contributed by atoms with van der Waals surface area (Å²) in [5.74, 6) is -3.30. The van der Waals surface area contributed by atoms with Gasteiger partial charge in [-0.05, 0) is 30.2 Å². The molecule has 0 aliphatic heterocycles. The minimum Gasteiger partial charge on any atom is -0.475 e. The molecule has 1 unspecified atom stereocenters. The molecular formula is C28H24ClF4N3O4. The molecule has 1 atom stereocenters. The van der Waals surface area contributed by atoms with Gasteiger partial charge in [0.15, 0.2) is 0 Å². The normalized spacial score (nSPS) is 11.9. The summed E-state index contributed by atoms with van der Waals surface area (Å²) in [6, 6.07) is 21.8. The minimum atomic E-state index is -5.08. The number of hydrogen-bond donors (Lipinski definition) is 2. The monoisotopic (exact) mass is 577 g/mol. The SMILES string of the molecule is Cc1c(-c2ccccc2F)c(=O)n(CC(N)c2ccccc2)c(=O)n1Cc1ccccc1Cl.O=C(O)C(F)(F)F. The molecule has 4 aromatic rings. The lowest BCUT2D eigenvalue weighted by Gasteiger charge is -2.20. The number of hydrogen-bond acceptors (Lipinski definition) is 4. The largest absolute Gasteiger partial charge is 0.490 e. The molecule has 3 N–H and O–H groups in total. The molecule has 40 heavy (non-hydrogen) atoms. The number of aromatic nitrogens is 2. The van der Waals surface area contributed by atoms with Crippen molar-refractivity contribution >= 4 is 17.6 Å². The maximum atomic E-state index is 14.7. The summed E-state index contributed by atoms with van der Waals surface area (Å²) in [5.41, 5.74) is 7.36. The van der Waals surface area contributed by atoms with E-state index in [1.165, 1.54) is 16.7 Å². The summed E-state index contributed by atoms with van der Waals surface area (Å²) < 4.78 is 49.0. The molecule has 0 radical (unpaired) electrons. The van der Waals surface area contributed by atoms with Crippen LogP contribution in [0.5, 0.6) is 0 Å². The van der Waals surface area contributed by atoms with Crippen molar-refractivity contribution < 1.29 is 27.5 Å². The molecule has 1 aromatic heterocycles. The van der Waals surface area contributed by atoms with Gasteiger partial charge in [-0.3, -0.25) is 13.9 Å². The van der Waals surface area contributed by atoms with Crippen molar-refractivity contribution in [3.05, 3.63) is 127 Å². The van der Waals surface area contributed by atoms with Crippen LogP contribution in [0.15, 0.2) is 88.5 Å². The number of nitrogens with zero attached hydrogens (tertiary/aromatic N) is 2. The molecule has 0 amide bonds. The van der Waals surface area contributed by atoms with E-state index in [0.29, 0.717) is 16.3 Å². The first-order valence-electron chi connectivity index (χ1n) is 11.8. The van der Waals surface area contributed by atoms with E-state index >= 15 is 0 Å². The van der Waals surface area contributed by atoms with Crippen molar-refractivity contribution in [2.45, 2.75) is 32.2 Å². The van der Waals surface area contributed by atoms with Gasteiger partial charge in [0.25, 0.3) is 5.56 Å². The van der Waals surface area contributed by atoms with Gasteiger partial charge in [-0.25, -0.2) is 14.0 Å². The van der Waals surface area contributed by atoms with Crippen LogP contribution in [0.4, 0.5) is 17.6 Å². The van der Waals surface area contributed by atoms with Crippen molar-refractivity contribution in [3.63, 3.8) is 0 Å². The fraction of sp³-hybridized carbons (Fsp3) is 0.179. The Morgan fingerprint density at radius 3 is 2.08 bits per heavy atom. The van der Waals surface area contributed by atoms with E-state index in [0.717, 1.165) is 10.1 Å². The zero-order valence-electron chi connectivity index (χ0n) is 21.0. The van der Waals surface area contributed by atoms with Crippen LogP contribution in [0.1, 0.15) is 22.9 Å². The third kappa shape index (κ3) is 7.04. The highest BCUT2D eigenvalue weighted by Crippen LogP contribution is 2.24. The van der Waals surface area contributed by atoms with E-state index < -0.39 is 35.3 Å². The summed E-state index contributed by atoms with van der Waals surface area (Å²) in [7, 11) is 0. The molecule has 0 aliphatic carbocycles. The Morgan fingerprint density at radius 2 is 1.50 bits per heavy atom. The van der Waals surface area contributed by atoms with Gasteiger partial charge in [-0.15, -0.1) is 0 Å². The molecule has 0 saturated heterocycles. The van der Waals surface area contributed by atoms with Gasteiger partial charge in [0.05, 0.1) is 18.7 Å². The van der Waals surface area contributed by atoms with Gasteiger partial charge < -0.3 is 10.8 Å². The standard InChI is InChI=1S/C26H23ClFN3O2.C2HF3O2/c1-17-24(20-12-6-8-14-22(20)28)25(32)31(16-23(29)18-9-3-2-4-10-18)26(33)30(17)15-19-11-5-7-13-21(19)27;3-2(4,5)1(6)7/h2-14,23H,15-16,29H2,1H3;(H,6,7). The molecule has 12 heteroatoms. The summed E-state index contributed by atoms with van der Waals surface area (Å²) in [5, 5.41) is 7.62. The number of aliphatic carboxylic acids is 1. The molecule has 0 aliphatic rings. The van der Waals surface area contributed by atoms with E-state index in [2.05, 4.69) is 0 Å². The predicted molar refractivity (Wildman–Crippen MR) is 143 cm³/mol. The number of rotatable bonds is 6. The second-order valence-corrected chi connectivity index (χ2v) is 9.04. The zero-order valence-corrected chi connectivity index (χ0v) is 21.8. The fourth-order valence-corrected chi connectivity index (χ4v) is 4.12. The minimum absolute atomic E-state index is 0.0497. The van der Waals surface area contributed by atoms with E-state index in [9.17, 15) is 27.2 Å². The van der Waals surface area contributed by atoms with Gasteiger partial charge in [0.1, 0.15) is 5.82 Å². The second kappa shape index (κ2) is 12.8. The Kier molecular flexibility index (Phi) is 9.67. The van der Waals surface area contributed by atoms with Gasteiger partial charge >= 0.3 is 17.8 Å². The molecule has 0 spiro atoms. The van der Waals surface area contributed by atoms with Crippen LogP contribution in [0.25, 0.3) is 11.1 Å². The van der Waals surface area contributed by atoms with Gasteiger partial charge in [0.2, 0.25) is 0 Å². The Hall–Kier alpha value is -4.22. The number of alkyl halides is 3.